The van der Waals surface area contributed by atoms with Crippen molar-refractivity contribution in [2.75, 3.05) is 0 Å². The van der Waals surface area contributed by atoms with Crippen molar-refractivity contribution in [3.63, 3.8) is 0 Å². The highest BCUT2D eigenvalue weighted by Crippen LogP contribution is 2.23. The van der Waals surface area contributed by atoms with Crippen molar-refractivity contribution in [1.29, 1.82) is 0 Å². The Balaban J connectivity index is 1.65. The molecule has 0 aliphatic rings. The minimum atomic E-state index is -0.191. The Bertz CT molecular complexity index is 1080. The number of nitrogens with zero attached hydrogens (tertiary/aromatic N) is 1. The van der Waals surface area contributed by atoms with Crippen molar-refractivity contribution < 1.29 is 9.53 Å². The fourth-order valence-corrected chi connectivity index (χ4v) is 3.31. The van der Waals surface area contributed by atoms with Crippen LogP contribution in [0.4, 0.5) is 0 Å². The average Bonchev–Trinajstić information content (AvgIpc) is 2.70. The van der Waals surface area contributed by atoms with E-state index >= 15 is 0 Å². The molecule has 4 nitrogen and oxygen atoms in total. The maximum absolute atomic E-state index is 12.3. The summed E-state index contributed by atoms with van der Waals surface area (Å²) in [5.74, 6) is 0.412. The molecule has 0 bridgehead atoms. The molecule has 0 saturated heterocycles. The normalized spacial score (nSPS) is 10.9. The number of rotatable bonds is 7. The number of carbonyl (C=O) groups is 1. The number of ether oxygens (including phenoxy) is 1. The third-order valence-corrected chi connectivity index (χ3v) is 4.97. The second-order valence-corrected chi connectivity index (χ2v) is 7.87. The fourth-order valence-electron chi connectivity index (χ4n) is 2.92. The highest BCUT2D eigenvalue weighted by Gasteiger charge is 2.07. The summed E-state index contributed by atoms with van der Waals surface area (Å²) in [6.45, 7) is 4.34. The van der Waals surface area contributed by atoms with Crippen LogP contribution in [0.1, 0.15) is 27.8 Å². The fraction of sp³-hybridized carbons (Fsp3) is 0.167. The number of halogens is 2. The summed E-state index contributed by atoms with van der Waals surface area (Å²) in [7, 11) is 0. The van der Waals surface area contributed by atoms with Crippen LogP contribution in [0, 0.1) is 13.8 Å². The van der Waals surface area contributed by atoms with Gasteiger partial charge in [-0.15, -0.1) is 0 Å². The van der Waals surface area contributed by atoms with Crippen LogP contribution in [0.5, 0.6) is 5.75 Å². The molecule has 0 radical (unpaired) electrons. The zero-order valence-electron chi connectivity index (χ0n) is 16.8. The van der Waals surface area contributed by atoms with Gasteiger partial charge in [-0.1, -0.05) is 59.1 Å². The number of carbonyl (C=O) groups excluding carboxylic acids is 1. The minimum absolute atomic E-state index is 0.191. The molecule has 0 saturated carbocycles. The lowest BCUT2D eigenvalue weighted by molar-refractivity contribution is -0.120. The van der Waals surface area contributed by atoms with Gasteiger partial charge in [-0.3, -0.25) is 4.79 Å². The highest BCUT2D eigenvalue weighted by atomic mass is 35.5. The molecular weight excluding hydrogens is 419 g/mol. The van der Waals surface area contributed by atoms with Crippen molar-refractivity contribution in [2.24, 2.45) is 5.10 Å². The number of hydrogen-bond acceptors (Lipinski definition) is 3. The SMILES string of the molecule is Cc1ccc(C)c(CC(=O)N/N=C/c2cc(Cl)ccc2OCc2cccc(Cl)c2)c1. The molecule has 0 aliphatic carbocycles. The number of nitrogens with one attached hydrogen (secondary N) is 1. The molecule has 0 atom stereocenters. The molecule has 6 heteroatoms. The molecule has 1 N–H and O–H groups in total. The Morgan fingerprint density at radius 1 is 1.03 bits per heavy atom. The summed E-state index contributed by atoms with van der Waals surface area (Å²) in [5.41, 5.74) is 7.35. The predicted octanol–water partition coefficient (Wildman–Crippen LogP) is 5.88. The third kappa shape index (κ3) is 6.34. The van der Waals surface area contributed by atoms with E-state index in [0.29, 0.717) is 28.0 Å². The first-order valence-corrected chi connectivity index (χ1v) is 10.2. The van der Waals surface area contributed by atoms with Gasteiger partial charge in [-0.05, 0) is 60.9 Å². The van der Waals surface area contributed by atoms with Crippen LogP contribution in [0.3, 0.4) is 0 Å². The highest BCUT2D eigenvalue weighted by molar-refractivity contribution is 6.31. The van der Waals surface area contributed by atoms with Crippen LogP contribution in [0.15, 0.2) is 65.8 Å². The van der Waals surface area contributed by atoms with Crippen molar-refractivity contribution in [3.8, 4) is 5.75 Å². The molecule has 0 fully saturated rings. The Morgan fingerprint density at radius 2 is 1.83 bits per heavy atom. The summed E-state index contributed by atoms with van der Waals surface area (Å²) in [4.78, 5) is 12.3. The molecule has 0 heterocycles. The molecule has 1 amide bonds. The zero-order chi connectivity index (χ0) is 21.5. The van der Waals surface area contributed by atoms with E-state index in [4.69, 9.17) is 27.9 Å². The Kier molecular flexibility index (Phi) is 7.50. The molecule has 0 aliphatic heterocycles. The van der Waals surface area contributed by atoms with Gasteiger partial charge in [-0.2, -0.15) is 5.10 Å². The molecule has 3 aromatic rings. The largest absolute Gasteiger partial charge is 0.488 e. The first-order valence-electron chi connectivity index (χ1n) is 9.45. The second-order valence-electron chi connectivity index (χ2n) is 7.00. The first kappa shape index (κ1) is 21.9. The molecule has 30 heavy (non-hydrogen) atoms. The third-order valence-electron chi connectivity index (χ3n) is 4.50. The van der Waals surface area contributed by atoms with Crippen molar-refractivity contribution in [2.45, 2.75) is 26.9 Å². The van der Waals surface area contributed by atoms with Gasteiger partial charge in [-0.25, -0.2) is 5.43 Å². The average molecular weight is 441 g/mol. The quantitative estimate of drug-likeness (QED) is 0.368. The monoisotopic (exact) mass is 440 g/mol. The lowest BCUT2D eigenvalue weighted by Crippen LogP contribution is -2.20. The van der Waals surface area contributed by atoms with Gasteiger partial charge in [0.05, 0.1) is 12.6 Å². The number of aryl methyl sites for hydroxylation is 2. The van der Waals surface area contributed by atoms with Crippen LogP contribution in [-0.2, 0) is 17.8 Å². The van der Waals surface area contributed by atoms with Crippen LogP contribution in [0.2, 0.25) is 10.0 Å². The van der Waals surface area contributed by atoms with E-state index in [-0.39, 0.29) is 12.3 Å². The summed E-state index contributed by atoms with van der Waals surface area (Å²) >= 11 is 12.1. The van der Waals surface area contributed by atoms with Crippen molar-refractivity contribution in [1.82, 2.24) is 5.43 Å². The zero-order valence-corrected chi connectivity index (χ0v) is 18.3. The molecular formula is C24H22Cl2N2O2. The summed E-state index contributed by atoms with van der Waals surface area (Å²) in [6.07, 6.45) is 1.79. The topological polar surface area (TPSA) is 50.7 Å². The Morgan fingerprint density at radius 3 is 2.63 bits per heavy atom. The first-order chi connectivity index (χ1) is 14.4. The molecule has 0 aromatic heterocycles. The van der Waals surface area contributed by atoms with E-state index in [1.165, 1.54) is 6.21 Å². The molecule has 3 rings (SSSR count). The van der Waals surface area contributed by atoms with E-state index < -0.39 is 0 Å². The summed E-state index contributed by atoms with van der Waals surface area (Å²) in [6, 6.07) is 18.8. The van der Waals surface area contributed by atoms with Gasteiger partial charge in [0.25, 0.3) is 0 Å². The van der Waals surface area contributed by atoms with E-state index in [0.717, 1.165) is 22.3 Å². The minimum Gasteiger partial charge on any atom is -0.488 e. The molecule has 154 valence electrons. The number of hydrogen-bond donors (Lipinski definition) is 1. The Hall–Kier alpha value is -2.82. The van der Waals surface area contributed by atoms with E-state index in [1.54, 1.807) is 18.2 Å². The van der Waals surface area contributed by atoms with Crippen LogP contribution >= 0.6 is 23.2 Å². The van der Waals surface area contributed by atoms with Crippen LogP contribution in [-0.4, -0.2) is 12.1 Å². The molecule has 0 unspecified atom stereocenters. The molecule has 3 aromatic carbocycles. The van der Waals surface area contributed by atoms with E-state index in [1.807, 2.05) is 56.3 Å². The van der Waals surface area contributed by atoms with Gasteiger partial charge in [0.1, 0.15) is 12.4 Å². The van der Waals surface area contributed by atoms with Gasteiger partial charge in [0, 0.05) is 15.6 Å². The van der Waals surface area contributed by atoms with E-state index in [9.17, 15) is 4.79 Å². The number of amides is 1. The summed E-state index contributed by atoms with van der Waals surface area (Å²) < 4.78 is 5.89. The van der Waals surface area contributed by atoms with Gasteiger partial charge in [0.15, 0.2) is 0 Å². The van der Waals surface area contributed by atoms with Crippen LogP contribution < -0.4 is 10.2 Å². The lowest BCUT2D eigenvalue weighted by Gasteiger charge is -2.10. The number of benzene rings is 3. The van der Waals surface area contributed by atoms with Gasteiger partial charge >= 0.3 is 0 Å². The Labute approximate surface area is 186 Å². The number of hydrazone groups is 1. The van der Waals surface area contributed by atoms with Crippen molar-refractivity contribution >= 4 is 35.3 Å². The molecule has 0 spiro atoms. The maximum atomic E-state index is 12.3. The van der Waals surface area contributed by atoms with Gasteiger partial charge in [0.2, 0.25) is 5.91 Å². The summed E-state index contributed by atoms with van der Waals surface area (Å²) in [5, 5.41) is 5.28. The predicted molar refractivity (Wildman–Crippen MR) is 123 cm³/mol. The van der Waals surface area contributed by atoms with E-state index in [2.05, 4.69) is 10.5 Å². The lowest BCUT2D eigenvalue weighted by atomic mass is 10.0. The van der Waals surface area contributed by atoms with Gasteiger partial charge < -0.3 is 4.74 Å². The maximum Gasteiger partial charge on any atom is 0.244 e. The second kappa shape index (κ2) is 10.3. The van der Waals surface area contributed by atoms with Crippen molar-refractivity contribution in [3.05, 3.63) is 98.5 Å². The van der Waals surface area contributed by atoms with Crippen LogP contribution in [0.25, 0.3) is 0 Å². The smallest absolute Gasteiger partial charge is 0.244 e. The standard InChI is InChI=1S/C24H22Cl2N2O2/c1-16-6-7-17(2)19(10-16)13-24(29)28-27-14-20-12-22(26)8-9-23(20)30-15-18-4-3-5-21(25)11-18/h3-12,14H,13,15H2,1-2H3,(H,28,29)/b27-14+.